The lowest BCUT2D eigenvalue weighted by Crippen LogP contribution is -2.13. The van der Waals surface area contributed by atoms with Gasteiger partial charge < -0.3 is 10.4 Å². The summed E-state index contributed by atoms with van der Waals surface area (Å²) < 4.78 is 51.6. The molecular weight excluding hydrogens is 226 g/mol. The fraction of sp³-hybridized carbons (Fsp3) is 0.400. The molecule has 1 aromatic carbocycles. The number of hydrogen-bond acceptors (Lipinski definition) is 2. The summed E-state index contributed by atoms with van der Waals surface area (Å²) in [5, 5.41) is 11.1. The highest BCUT2D eigenvalue weighted by molar-refractivity contribution is 5.47. The summed E-state index contributed by atoms with van der Waals surface area (Å²) in [6.45, 7) is 1.49. The Morgan fingerprint density at radius 2 is 1.69 bits per heavy atom. The Morgan fingerprint density at radius 1 is 1.19 bits per heavy atom. The molecular formula is C10H11F4NO. The van der Waals surface area contributed by atoms with Gasteiger partial charge in [-0.1, -0.05) is 0 Å². The van der Waals surface area contributed by atoms with E-state index in [4.69, 9.17) is 5.11 Å². The second-order valence-electron chi connectivity index (χ2n) is 3.41. The number of nitrogens with one attached hydrogen (secondary N) is 1. The number of hydrogen-bond donors (Lipinski definition) is 2. The van der Waals surface area contributed by atoms with E-state index >= 15 is 0 Å². The third-order valence-corrected chi connectivity index (χ3v) is 1.98. The van der Waals surface area contributed by atoms with Crippen LogP contribution < -0.4 is 5.32 Å². The number of anilines is 1. The first-order valence-electron chi connectivity index (χ1n) is 4.68. The standard InChI is InChI=1S/C10H11F4NO/c1-5(16)2-3-15-10-8(13)6(11)4-7(12)9(10)14/h4-5,15-16H,2-3H2,1H3. The molecule has 1 unspecified atom stereocenters. The van der Waals surface area contributed by atoms with E-state index in [1.54, 1.807) is 0 Å². The molecule has 2 nitrogen and oxygen atoms in total. The van der Waals surface area contributed by atoms with Crippen LogP contribution in [0, 0.1) is 23.3 Å². The van der Waals surface area contributed by atoms with Gasteiger partial charge in [0.1, 0.15) is 5.69 Å². The van der Waals surface area contributed by atoms with Gasteiger partial charge in [0.15, 0.2) is 23.3 Å². The van der Waals surface area contributed by atoms with Crippen molar-refractivity contribution in [2.45, 2.75) is 19.4 Å². The second kappa shape index (κ2) is 5.16. The number of aliphatic hydroxyl groups excluding tert-OH is 1. The number of halogens is 4. The van der Waals surface area contributed by atoms with Crippen molar-refractivity contribution < 1.29 is 22.7 Å². The fourth-order valence-electron chi connectivity index (χ4n) is 1.13. The topological polar surface area (TPSA) is 32.3 Å². The van der Waals surface area contributed by atoms with Gasteiger partial charge in [0.2, 0.25) is 0 Å². The van der Waals surface area contributed by atoms with Gasteiger partial charge >= 0.3 is 0 Å². The molecule has 0 saturated carbocycles. The van der Waals surface area contributed by atoms with Crippen LogP contribution >= 0.6 is 0 Å². The molecule has 1 rings (SSSR count). The summed E-state index contributed by atoms with van der Waals surface area (Å²) in [5.41, 5.74) is -0.849. The molecule has 0 spiro atoms. The Labute approximate surface area is 89.9 Å². The average Bonchev–Trinajstić information content (AvgIpc) is 2.20. The van der Waals surface area contributed by atoms with Crippen LogP contribution in [0.5, 0.6) is 0 Å². The number of benzene rings is 1. The van der Waals surface area contributed by atoms with Crippen LogP contribution in [0.3, 0.4) is 0 Å². The van der Waals surface area contributed by atoms with E-state index in [0.29, 0.717) is 0 Å². The van der Waals surface area contributed by atoms with Crippen molar-refractivity contribution >= 4 is 5.69 Å². The lowest BCUT2D eigenvalue weighted by Gasteiger charge is -2.10. The largest absolute Gasteiger partial charge is 0.393 e. The first kappa shape index (κ1) is 12.8. The van der Waals surface area contributed by atoms with Crippen molar-refractivity contribution in [2.75, 3.05) is 11.9 Å². The molecule has 1 atom stereocenters. The van der Waals surface area contributed by atoms with Crippen molar-refractivity contribution in [3.63, 3.8) is 0 Å². The molecule has 0 bridgehead atoms. The van der Waals surface area contributed by atoms with Gasteiger partial charge in [-0.3, -0.25) is 0 Å². The molecule has 0 aliphatic carbocycles. The van der Waals surface area contributed by atoms with Crippen LogP contribution in [0.25, 0.3) is 0 Å². The molecule has 0 aliphatic rings. The summed E-state index contributed by atoms with van der Waals surface area (Å²) >= 11 is 0. The van der Waals surface area contributed by atoms with E-state index in [1.165, 1.54) is 6.92 Å². The van der Waals surface area contributed by atoms with Crippen LogP contribution in [0.2, 0.25) is 0 Å². The van der Waals surface area contributed by atoms with Crippen LogP contribution in [-0.2, 0) is 0 Å². The van der Waals surface area contributed by atoms with Crippen molar-refractivity contribution in [1.82, 2.24) is 0 Å². The van der Waals surface area contributed by atoms with Crippen LogP contribution in [-0.4, -0.2) is 17.8 Å². The van der Waals surface area contributed by atoms with Crippen LogP contribution in [0.4, 0.5) is 23.2 Å². The molecule has 2 N–H and O–H groups in total. The van der Waals surface area contributed by atoms with E-state index in [9.17, 15) is 17.6 Å². The molecule has 0 aromatic heterocycles. The maximum atomic E-state index is 13.1. The monoisotopic (exact) mass is 237 g/mol. The van der Waals surface area contributed by atoms with Gasteiger partial charge in [0, 0.05) is 12.6 Å². The maximum Gasteiger partial charge on any atom is 0.185 e. The molecule has 0 heterocycles. The molecule has 0 fully saturated rings. The molecule has 0 radical (unpaired) electrons. The van der Waals surface area contributed by atoms with Gasteiger partial charge in [0.25, 0.3) is 0 Å². The lowest BCUT2D eigenvalue weighted by molar-refractivity contribution is 0.188. The van der Waals surface area contributed by atoms with E-state index in [-0.39, 0.29) is 19.0 Å². The van der Waals surface area contributed by atoms with Crippen molar-refractivity contribution in [3.8, 4) is 0 Å². The Kier molecular flexibility index (Phi) is 4.12. The van der Waals surface area contributed by atoms with Gasteiger partial charge in [-0.05, 0) is 13.3 Å². The zero-order valence-electron chi connectivity index (χ0n) is 8.53. The minimum absolute atomic E-state index is 0.00833. The summed E-state index contributed by atoms with van der Waals surface area (Å²) in [4.78, 5) is 0. The van der Waals surface area contributed by atoms with Gasteiger partial charge in [0.05, 0.1) is 6.10 Å². The highest BCUT2D eigenvalue weighted by Crippen LogP contribution is 2.23. The Morgan fingerprint density at radius 3 is 2.12 bits per heavy atom. The smallest absolute Gasteiger partial charge is 0.185 e. The molecule has 1 aromatic rings. The summed E-state index contributed by atoms with van der Waals surface area (Å²) in [5.74, 6) is -5.86. The normalized spacial score (nSPS) is 12.6. The SMILES string of the molecule is CC(O)CCNc1c(F)c(F)cc(F)c1F. The molecule has 0 aliphatic heterocycles. The third kappa shape index (κ3) is 2.85. The van der Waals surface area contributed by atoms with Gasteiger partial charge in [-0.15, -0.1) is 0 Å². The fourth-order valence-corrected chi connectivity index (χ4v) is 1.13. The summed E-state index contributed by atoms with van der Waals surface area (Å²) in [6, 6.07) is 0.143. The zero-order valence-corrected chi connectivity index (χ0v) is 8.53. The highest BCUT2D eigenvalue weighted by Gasteiger charge is 2.18. The molecule has 16 heavy (non-hydrogen) atoms. The van der Waals surface area contributed by atoms with Crippen LogP contribution in [0.1, 0.15) is 13.3 Å². The Hall–Kier alpha value is -1.30. The number of rotatable bonds is 4. The van der Waals surface area contributed by atoms with E-state index in [1.807, 2.05) is 0 Å². The van der Waals surface area contributed by atoms with Crippen LogP contribution in [0.15, 0.2) is 6.07 Å². The van der Waals surface area contributed by atoms with Gasteiger partial charge in [-0.2, -0.15) is 0 Å². The minimum atomic E-state index is -1.47. The minimum Gasteiger partial charge on any atom is -0.393 e. The van der Waals surface area contributed by atoms with E-state index in [2.05, 4.69) is 5.32 Å². The first-order chi connectivity index (χ1) is 7.43. The molecule has 90 valence electrons. The quantitative estimate of drug-likeness (QED) is 0.622. The van der Waals surface area contributed by atoms with Crippen molar-refractivity contribution in [2.24, 2.45) is 0 Å². The molecule has 0 saturated heterocycles. The summed E-state index contributed by atoms with van der Waals surface area (Å²) in [7, 11) is 0. The predicted molar refractivity (Wildman–Crippen MR) is 51.1 cm³/mol. The third-order valence-electron chi connectivity index (χ3n) is 1.98. The van der Waals surface area contributed by atoms with E-state index < -0.39 is 35.1 Å². The molecule has 6 heteroatoms. The van der Waals surface area contributed by atoms with Crippen molar-refractivity contribution in [1.29, 1.82) is 0 Å². The molecule has 0 amide bonds. The number of aliphatic hydroxyl groups is 1. The zero-order chi connectivity index (χ0) is 12.3. The summed E-state index contributed by atoms with van der Waals surface area (Å²) in [6.07, 6.45) is -0.464. The Bertz CT molecular complexity index is 355. The van der Waals surface area contributed by atoms with Gasteiger partial charge in [-0.25, -0.2) is 17.6 Å². The Balaban J connectivity index is 2.86. The van der Waals surface area contributed by atoms with Crippen molar-refractivity contribution in [3.05, 3.63) is 29.3 Å². The first-order valence-corrected chi connectivity index (χ1v) is 4.68. The lowest BCUT2D eigenvalue weighted by atomic mass is 10.2. The highest BCUT2D eigenvalue weighted by atomic mass is 19.2. The predicted octanol–water partition coefficient (Wildman–Crippen LogP) is 2.43. The second-order valence-corrected chi connectivity index (χ2v) is 3.41. The average molecular weight is 237 g/mol. The maximum absolute atomic E-state index is 13.1. The van der Waals surface area contributed by atoms with E-state index in [0.717, 1.165) is 0 Å².